The number of hydrogen-bond acceptors (Lipinski definition) is 5. The molecule has 1 aromatic rings. The summed E-state index contributed by atoms with van der Waals surface area (Å²) in [5.41, 5.74) is 4.12. The van der Waals surface area contributed by atoms with E-state index in [9.17, 15) is 20.2 Å². The number of nitro groups is 2. The van der Waals surface area contributed by atoms with Crippen molar-refractivity contribution < 1.29 is 9.85 Å². The monoisotopic (exact) mass is 210 g/mol. The van der Waals surface area contributed by atoms with Gasteiger partial charge in [0.2, 0.25) is 0 Å². The lowest BCUT2D eigenvalue weighted by atomic mass is 10.1. The number of hydrogen-bond donors (Lipinski definition) is 2. The van der Waals surface area contributed by atoms with Gasteiger partial charge in [-0.3, -0.25) is 25.6 Å². The number of nitrogens with one attached hydrogen (secondary N) is 1. The maximum absolute atomic E-state index is 10.4. The second-order valence-electron chi connectivity index (χ2n) is 2.67. The molecule has 0 aliphatic carbocycles. The molecule has 0 aromatic heterocycles. The molecular weight excluding hydrogens is 204 g/mol. The summed E-state index contributed by atoms with van der Waals surface area (Å²) in [6, 6.07) is 2.83. The first-order valence-corrected chi connectivity index (χ1v) is 3.70. The van der Waals surface area contributed by atoms with Gasteiger partial charge in [0.25, 0.3) is 11.4 Å². The highest BCUT2D eigenvalue weighted by Crippen LogP contribution is 2.22. The van der Waals surface area contributed by atoms with Crippen LogP contribution in [0.3, 0.4) is 0 Å². The van der Waals surface area contributed by atoms with Gasteiger partial charge in [0.15, 0.2) is 0 Å². The number of nitrogens with two attached hydrogens (primary N) is 1. The summed E-state index contributed by atoms with van der Waals surface area (Å²) in [5.74, 6) is -0.457. The summed E-state index contributed by atoms with van der Waals surface area (Å²) >= 11 is 0. The molecule has 0 aliphatic heterocycles. The van der Waals surface area contributed by atoms with Crippen LogP contribution in [-0.4, -0.2) is 15.7 Å². The molecule has 0 saturated carbocycles. The van der Waals surface area contributed by atoms with Gasteiger partial charge in [-0.1, -0.05) is 0 Å². The van der Waals surface area contributed by atoms with E-state index in [0.717, 1.165) is 18.2 Å². The van der Waals surface area contributed by atoms with Crippen LogP contribution in [0.2, 0.25) is 0 Å². The van der Waals surface area contributed by atoms with Crippen LogP contribution in [0.1, 0.15) is 5.56 Å². The van der Waals surface area contributed by atoms with Gasteiger partial charge >= 0.3 is 0 Å². The van der Waals surface area contributed by atoms with Crippen LogP contribution in [0.15, 0.2) is 18.2 Å². The minimum atomic E-state index is -0.778. The third-order valence-corrected chi connectivity index (χ3v) is 1.64. The molecule has 3 N–H and O–H groups in total. The molecule has 1 rings (SSSR count). The maximum Gasteiger partial charge on any atom is 0.277 e. The quantitative estimate of drug-likeness (QED) is 0.329. The average molecular weight is 210 g/mol. The van der Waals surface area contributed by atoms with E-state index in [2.05, 4.69) is 0 Å². The molecule has 78 valence electrons. The Kier molecular flexibility index (Phi) is 2.61. The highest BCUT2D eigenvalue weighted by atomic mass is 16.6. The Morgan fingerprint density at radius 1 is 1.13 bits per heavy atom. The SMILES string of the molecule is N=C(N)c1cc([N+](=O)[O-])cc([N+](=O)[O-])c1. The summed E-state index contributed by atoms with van der Waals surface area (Å²) in [5, 5.41) is 27.9. The molecule has 8 nitrogen and oxygen atoms in total. The van der Waals surface area contributed by atoms with Crippen molar-refractivity contribution in [3.8, 4) is 0 Å². The number of nitro benzene ring substituents is 2. The van der Waals surface area contributed by atoms with Gasteiger partial charge in [-0.15, -0.1) is 0 Å². The summed E-state index contributed by atoms with van der Waals surface area (Å²) in [6.07, 6.45) is 0. The molecule has 0 heterocycles. The van der Waals surface area contributed by atoms with E-state index in [1.165, 1.54) is 0 Å². The molecule has 0 amide bonds. The Bertz CT molecular complexity index is 377. The lowest BCUT2D eigenvalue weighted by Gasteiger charge is -1.98. The van der Waals surface area contributed by atoms with Crippen molar-refractivity contribution in [3.63, 3.8) is 0 Å². The Morgan fingerprint density at radius 2 is 1.53 bits per heavy atom. The largest absolute Gasteiger partial charge is 0.384 e. The number of rotatable bonds is 3. The predicted octanol–water partition coefficient (Wildman–Crippen LogP) is 0.787. The van der Waals surface area contributed by atoms with Gasteiger partial charge in [-0.05, 0) is 0 Å². The molecule has 0 saturated heterocycles. The predicted molar refractivity (Wildman–Crippen MR) is 50.8 cm³/mol. The molecule has 0 fully saturated rings. The summed E-state index contributed by atoms with van der Waals surface area (Å²) in [4.78, 5) is 19.3. The average Bonchev–Trinajstić information content (AvgIpc) is 2.16. The van der Waals surface area contributed by atoms with E-state index in [1.807, 2.05) is 0 Å². The summed E-state index contributed by atoms with van der Waals surface area (Å²) in [7, 11) is 0. The van der Waals surface area contributed by atoms with E-state index < -0.39 is 27.1 Å². The number of nitrogens with zero attached hydrogens (tertiary/aromatic N) is 2. The molecule has 0 unspecified atom stereocenters. The molecule has 15 heavy (non-hydrogen) atoms. The van der Waals surface area contributed by atoms with Crippen LogP contribution in [0.25, 0.3) is 0 Å². The van der Waals surface area contributed by atoms with Gasteiger partial charge in [-0.25, -0.2) is 0 Å². The van der Waals surface area contributed by atoms with Gasteiger partial charge < -0.3 is 5.73 Å². The van der Waals surface area contributed by atoms with Crippen LogP contribution in [0.5, 0.6) is 0 Å². The Balaban J connectivity index is 3.39. The minimum Gasteiger partial charge on any atom is -0.384 e. The second kappa shape index (κ2) is 3.70. The highest BCUT2D eigenvalue weighted by Gasteiger charge is 2.17. The van der Waals surface area contributed by atoms with Crippen LogP contribution in [0.4, 0.5) is 11.4 Å². The van der Waals surface area contributed by atoms with Crippen molar-refractivity contribution in [3.05, 3.63) is 44.0 Å². The molecule has 0 aliphatic rings. The molecule has 0 bridgehead atoms. The van der Waals surface area contributed by atoms with Crippen LogP contribution < -0.4 is 5.73 Å². The first kappa shape index (κ1) is 10.6. The normalized spacial score (nSPS) is 9.60. The topological polar surface area (TPSA) is 136 Å². The van der Waals surface area contributed by atoms with Crippen molar-refractivity contribution in [1.82, 2.24) is 0 Å². The van der Waals surface area contributed by atoms with Gasteiger partial charge in [0, 0.05) is 17.7 Å². The Hall–Kier alpha value is -2.51. The standard InChI is InChI=1S/C7H6N4O4/c8-7(9)4-1-5(10(12)13)3-6(2-4)11(14)15/h1-3H,(H3,8,9). The molecule has 0 radical (unpaired) electrons. The van der Waals surface area contributed by atoms with Gasteiger partial charge in [-0.2, -0.15) is 0 Å². The first-order chi connectivity index (χ1) is 6.91. The Labute approximate surface area is 83.1 Å². The molecular formula is C7H6N4O4. The zero-order valence-corrected chi connectivity index (χ0v) is 7.34. The lowest BCUT2D eigenvalue weighted by Crippen LogP contribution is -2.11. The van der Waals surface area contributed by atoms with Crippen molar-refractivity contribution in [1.29, 1.82) is 5.41 Å². The van der Waals surface area contributed by atoms with Crippen LogP contribution >= 0.6 is 0 Å². The maximum atomic E-state index is 10.4. The fourth-order valence-electron chi connectivity index (χ4n) is 0.961. The van der Waals surface area contributed by atoms with E-state index in [-0.39, 0.29) is 5.56 Å². The number of nitrogen functional groups attached to an aromatic ring is 1. The number of benzene rings is 1. The summed E-state index contributed by atoms with van der Waals surface area (Å²) in [6.45, 7) is 0. The van der Waals surface area contributed by atoms with Gasteiger partial charge in [0.1, 0.15) is 5.84 Å². The minimum absolute atomic E-state index is 0.0455. The van der Waals surface area contributed by atoms with Crippen molar-refractivity contribution in [2.24, 2.45) is 5.73 Å². The zero-order chi connectivity index (χ0) is 11.6. The second-order valence-corrected chi connectivity index (χ2v) is 2.67. The van der Waals surface area contributed by atoms with E-state index in [4.69, 9.17) is 11.1 Å². The molecule has 8 heteroatoms. The van der Waals surface area contributed by atoms with E-state index in [0.29, 0.717) is 0 Å². The van der Waals surface area contributed by atoms with Crippen molar-refractivity contribution >= 4 is 17.2 Å². The van der Waals surface area contributed by atoms with E-state index >= 15 is 0 Å². The molecule has 1 aromatic carbocycles. The third kappa shape index (κ3) is 2.24. The summed E-state index contributed by atoms with van der Waals surface area (Å²) < 4.78 is 0. The Morgan fingerprint density at radius 3 is 1.80 bits per heavy atom. The zero-order valence-electron chi connectivity index (χ0n) is 7.34. The van der Waals surface area contributed by atoms with Crippen molar-refractivity contribution in [2.75, 3.05) is 0 Å². The number of amidine groups is 1. The number of non-ortho nitro benzene ring substituents is 2. The first-order valence-electron chi connectivity index (χ1n) is 3.70. The third-order valence-electron chi connectivity index (χ3n) is 1.64. The highest BCUT2D eigenvalue weighted by molar-refractivity contribution is 5.96. The molecule has 0 atom stereocenters. The van der Waals surface area contributed by atoms with Gasteiger partial charge in [0.05, 0.1) is 15.9 Å². The van der Waals surface area contributed by atoms with Crippen LogP contribution in [-0.2, 0) is 0 Å². The van der Waals surface area contributed by atoms with E-state index in [1.54, 1.807) is 0 Å². The van der Waals surface area contributed by atoms with Crippen molar-refractivity contribution in [2.45, 2.75) is 0 Å². The fraction of sp³-hybridized carbons (Fsp3) is 0. The molecule has 0 spiro atoms. The van der Waals surface area contributed by atoms with Crippen LogP contribution in [0, 0.1) is 25.6 Å². The fourth-order valence-corrected chi connectivity index (χ4v) is 0.961. The lowest BCUT2D eigenvalue weighted by molar-refractivity contribution is -0.394. The smallest absolute Gasteiger partial charge is 0.277 e.